The van der Waals surface area contributed by atoms with E-state index in [9.17, 15) is 25.2 Å². The summed E-state index contributed by atoms with van der Waals surface area (Å²) in [6.45, 7) is -0.721. The number of hydrogen-bond donors (Lipinski definition) is 5. The molecule has 128 valence electrons. The molecule has 1 aliphatic rings. The van der Waals surface area contributed by atoms with Crippen molar-refractivity contribution in [1.29, 1.82) is 0 Å². The number of benzene rings is 1. The second-order valence-electron chi connectivity index (χ2n) is 5.33. The first kappa shape index (κ1) is 17.8. The molecule has 8 nitrogen and oxygen atoms in total. The van der Waals surface area contributed by atoms with Crippen molar-refractivity contribution in [1.82, 2.24) is 0 Å². The molecule has 2 unspecified atom stereocenters. The number of aliphatic hydroxyl groups is 5. The van der Waals surface area contributed by atoms with Crippen molar-refractivity contribution in [2.24, 2.45) is 0 Å². The Labute approximate surface area is 132 Å². The fourth-order valence-electron chi connectivity index (χ4n) is 2.34. The summed E-state index contributed by atoms with van der Waals surface area (Å²) in [5, 5.41) is 48.2. The average Bonchev–Trinajstić information content (AvgIpc) is 2.58. The van der Waals surface area contributed by atoms with E-state index in [1.54, 1.807) is 30.3 Å². The Kier molecular flexibility index (Phi) is 6.05. The highest BCUT2D eigenvalue weighted by atomic mass is 16.6. The number of ether oxygens (including phenoxy) is 2. The quantitative estimate of drug-likeness (QED) is 0.389. The third kappa shape index (κ3) is 4.05. The first-order chi connectivity index (χ1) is 11.0. The monoisotopic (exact) mass is 328 g/mol. The van der Waals surface area contributed by atoms with Gasteiger partial charge >= 0.3 is 5.97 Å². The molecule has 0 aliphatic carbocycles. The Morgan fingerprint density at radius 3 is 2.39 bits per heavy atom. The molecule has 6 atom stereocenters. The van der Waals surface area contributed by atoms with Crippen LogP contribution in [0.5, 0.6) is 0 Å². The normalized spacial score (nSPS) is 32.3. The van der Waals surface area contributed by atoms with Crippen LogP contribution in [0, 0.1) is 0 Å². The van der Waals surface area contributed by atoms with Gasteiger partial charge in [0.05, 0.1) is 6.61 Å². The zero-order chi connectivity index (χ0) is 17.0. The summed E-state index contributed by atoms with van der Waals surface area (Å²) >= 11 is 0. The lowest BCUT2D eigenvalue weighted by Gasteiger charge is -2.41. The third-order valence-corrected chi connectivity index (χ3v) is 3.71. The molecular formula is C15H20O8. The lowest BCUT2D eigenvalue weighted by molar-refractivity contribution is -0.250. The van der Waals surface area contributed by atoms with Crippen molar-refractivity contribution in [2.75, 3.05) is 6.61 Å². The third-order valence-electron chi connectivity index (χ3n) is 3.71. The smallest absolute Gasteiger partial charge is 0.338 e. The molecule has 0 saturated carbocycles. The van der Waals surface area contributed by atoms with Crippen LogP contribution in [-0.2, 0) is 20.9 Å². The molecule has 1 aliphatic heterocycles. The predicted octanol–water partition coefficient (Wildman–Crippen LogP) is -2.07. The van der Waals surface area contributed by atoms with Crippen molar-refractivity contribution in [2.45, 2.75) is 43.2 Å². The maximum atomic E-state index is 11.9. The number of hydrogen-bond acceptors (Lipinski definition) is 8. The van der Waals surface area contributed by atoms with Gasteiger partial charge in [-0.05, 0) is 5.56 Å². The lowest BCUT2D eigenvalue weighted by Crippen LogP contribution is -2.62. The van der Waals surface area contributed by atoms with Crippen LogP contribution in [0.3, 0.4) is 0 Å². The van der Waals surface area contributed by atoms with Crippen LogP contribution in [-0.4, -0.2) is 74.7 Å². The maximum Gasteiger partial charge on any atom is 0.338 e. The Morgan fingerprint density at radius 2 is 1.78 bits per heavy atom. The van der Waals surface area contributed by atoms with E-state index in [2.05, 4.69) is 0 Å². The topological polar surface area (TPSA) is 137 Å². The molecule has 2 rings (SSSR count). The summed E-state index contributed by atoms with van der Waals surface area (Å²) in [4.78, 5) is 11.9. The zero-order valence-electron chi connectivity index (χ0n) is 12.2. The molecule has 8 heteroatoms. The summed E-state index contributed by atoms with van der Waals surface area (Å²) in [6.07, 6.45) is -9.51. The van der Waals surface area contributed by atoms with E-state index in [-0.39, 0.29) is 6.61 Å². The van der Waals surface area contributed by atoms with Crippen LogP contribution in [0.2, 0.25) is 0 Å². The summed E-state index contributed by atoms with van der Waals surface area (Å²) in [7, 11) is 0. The Balaban J connectivity index is 1.97. The van der Waals surface area contributed by atoms with Crippen molar-refractivity contribution >= 4 is 5.97 Å². The van der Waals surface area contributed by atoms with Gasteiger partial charge in [0.2, 0.25) is 0 Å². The fourth-order valence-corrected chi connectivity index (χ4v) is 2.34. The van der Waals surface area contributed by atoms with Gasteiger partial charge in [0.25, 0.3) is 0 Å². The van der Waals surface area contributed by atoms with Crippen LogP contribution in [0.25, 0.3) is 0 Å². The van der Waals surface area contributed by atoms with E-state index in [1.165, 1.54) is 0 Å². The average molecular weight is 328 g/mol. The summed E-state index contributed by atoms with van der Waals surface area (Å²) in [5.74, 6) is -1.04. The first-order valence-electron chi connectivity index (χ1n) is 7.15. The molecular weight excluding hydrogens is 308 g/mol. The van der Waals surface area contributed by atoms with Crippen molar-refractivity contribution in [3.63, 3.8) is 0 Å². The standard InChI is InChI=1S/C15H20O8/c16-6-9-10(17)11(18)12(19)14(23-9)13(20)15(21)22-7-8-4-2-1-3-5-8/h1-5,9-14,16-20H,6-7H2/t9-,10-,11+,12-,13?,14?/m1/s1. The van der Waals surface area contributed by atoms with E-state index in [1.807, 2.05) is 0 Å². The van der Waals surface area contributed by atoms with E-state index in [0.29, 0.717) is 5.56 Å². The van der Waals surface area contributed by atoms with Crippen LogP contribution >= 0.6 is 0 Å². The second-order valence-corrected chi connectivity index (χ2v) is 5.33. The van der Waals surface area contributed by atoms with Gasteiger partial charge in [-0.2, -0.15) is 0 Å². The molecule has 1 aromatic carbocycles. The molecule has 0 spiro atoms. The number of esters is 1. The van der Waals surface area contributed by atoms with E-state index < -0.39 is 49.2 Å². The Bertz CT molecular complexity index is 505. The number of carbonyl (C=O) groups excluding carboxylic acids is 1. The van der Waals surface area contributed by atoms with E-state index in [4.69, 9.17) is 14.6 Å². The molecule has 1 aromatic rings. The molecule has 1 fully saturated rings. The van der Waals surface area contributed by atoms with Gasteiger partial charge in [-0.25, -0.2) is 4.79 Å². The minimum Gasteiger partial charge on any atom is -0.459 e. The van der Waals surface area contributed by atoms with Crippen LogP contribution < -0.4 is 0 Å². The summed E-state index contributed by atoms with van der Waals surface area (Å²) < 4.78 is 10.0. The molecule has 0 bridgehead atoms. The highest BCUT2D eigenvalue weighted by molar-refractivity contribution is 5.75. The minimum absolute atomic E-state index is 0.0752. The van der Waals surface area contributed by atoms with Crippen molar-refractivity contribution in [3.05, 3.63) is 35.9 Å². The maximum absolute atomic E-state index is 11.9. The number of rotatable bonds is 5. The fraction of sp³-hybridized carbons (Fsp3) is 0.533. The van der Waals surface area contributed by atoms with E-state index >= 15 is 0 Å². The molecule has 0 radical (unpaired) electrons. The Hall–Kier alpha value is -1.55. The molecule has 5 N–H and O–H groups in total. The van der Waals surface area contributed by atoms with Gasteiger partial charge in [-0.15, -0.1) is 0 Å². The molecule has 0 aromatic heterocycles. The largest absolute Gasteiger partial charge is 0.459 e. The molecule has 1 heterocycles. The van der Waals surface area contributed by atoms with Gasteiger partial charge in [0.15, 0.2) is 6.10 Å². The van der Waals surface area contributed by atoms with Crippen molar-refractivity contribution in [3.8, 4) is 0 Å². The molecule has 1 saturated heterocycles. The van der Waals surface area contributed by atoms with Gasteiger partial charge in [-0.3, -0.25) is 0 Å². The predicted molar refractivity (Wildman–Crippen MR) is 76.0 cm³/mol. The van der Waals surface area contributed by atoms with Gasteiger partial charge in [0, 0.05) is 0 Å². The van der Waals surface area contributed by atoms with Crippen LogP contribution in [0.15, 0.2) is 30.3 Å². The second kappa shape index (κ2) is 7.82. The SMILES string of the molecule is O=C(OCc1ccccc1)C(O)C1O[C@H](CO)[C@@H](O)[C@H](O)[C@H]1O. The van der Waals surface area contributed by atoms with Gasteiger partial charge in [0.1, 0.15) is 37.1 Å². The minimum atomic E-state index is -1.87. The first-order valence-corrected chi connectivity index (χ1v) is 7.15. The highest BCUT2D eigenvalue weighted by Crippen LogP contribution is 2.24. The lowest BCUT2D eigenvalue weighted by atomic mass is 9.92. The van der Waals surface area contributed by atoms with Gasteiger partial charge < -0.3 is 35.0 Å². The van der Waals surface area contributed by atoms with Crippen LogP contribution in [0.4, 0.5) is 0 Å². The van der Waals surface area contributed by atoms with Crippen LogP contribution in [0.1, 0.15) is 5.56 Å². The molecule has 23 heavy (non-hydrogen) atoms. The van der Waals surface area contributed by atoms with Gasteiger partial charge in [-0.1, -0.05) is 30.3 Å². The van der Waals surface area contributed by atoms with E-state index in [0.717, 1.165) is 0 Å². The zero-order valence-corrected chi connectivity index (χ0v) is 12.2. The number of aliphatic hydroxyl groups excluding tert-OH is 5. The Morgan fingerprint density at radius 1 is 1.13 bits per heavy atom. The van der Waals surface area contributed by atoms with Crippen molar-refractivity contribution < 1.29 is 39.8 Å². The summed E-state index contributed by atoms with van der Waals surface area (Å²) in [6, 6.07) is 8.78. The summed E-state index contributed by atoms with van der Waals surface area (Å²) in [5.41, 5.74) is 0.710. The molecule has 0 amide bonds. The number of carbonyl (C=O) groups is 1. The highest BCUT2D eigenvalue weighted by Gasteiger charge is 2.48.